The molecule has 2 heterocycles. The molecule has 0 radical (unpaired) electrons. The van der Waals surface area contributed by atoms with Gasteiger partial charge in [-0.3, -0.25) is 4.79 Å². The Morgan fingerprint density at radius 1 is 1.00 bits per heavy atom. The van der Waals surface area contributed by atoms with Crippen LogP contribution in [0.2, 0.25) is 0 Å². The molecule has 0 bridgehead atoms. The molecule has 0 saturated heterocycles. The lowest BCUT2D eigenvalue weighted by Gasteiger charge is -2.24. The smallest absolute Gasteiger partial charge is 0.166 e. The Labute approximate surface area is 163 Å². The van der Waals surface area contributed by atoms with Gasteiger partial charge in [0, 0.05) is 18.2 Å². The first kappa shape index (κ1) is 16.9. The fourth-order valence-corrected chi connectivity index (χ4v) is 4.31. The van der Waals surface area contributed by atoms with Crippen molar-refractivity contribution in [2.45, 2.75) is 32.6 Å². The Kier molecular flexibility index (Phi) is 3.86. The molecule has 28 heavy (non-hydrogen) atoms. The first-order valence-electron chi connectivity index (χ1n) is 9.64. The van der Waals surface area contributed by atoms with Crippen molar-refractivity contribution in [1.29, 1.82) is 0 Å². The summed E-state index contributed by atoms with van der Waals surface area (Å²) in [5.74, 6) is 0.326. The van der Waals surface area contributed by atoms with Crippen molar-refractivity contribution in [2.75, 3.05) is 0 Å². The highest BCUT2D eigenvalue weighted by molar-refractivity contribution is 5.99. The maximum atomic E-state index is 12.9. The molecule has 2 aromatic heterocycles. The molecule has 0 aliphatic heterocycles. The van der Waals surface area contributed by atoms with Crippen molar-refractivity contribution in [3.63, 3.8) is 0 Å². The average molecular weight is 367 g/mol. The number of carbonyl (C=O) groups is 1. The number of hydrogen-bond donors (Lipinski definition) is 0. The van der Waals surface area contributed by atoms with E-state index in [4.69, 9.17) is 5.10 Å². The van der Waals surface area contributed by atoms with Gasteiger partial charge in [0.05, 0.1) is 17.0 Å². The molecule has 4 nitrogen and oxygen atoms in total. The number of fused-ring (bicyclic) bond motifs is 3. The molecule has 138 valence electrons. The minimum absolute atomic E-state index is 0.150. The summed E-state index contributed by atoms with van der Waals surface area (Å²) in [7, 11) is 0. The van der Waals surface area contributed by atoms with Crippen LogP contribution in [0.15, 0.2) is 60.8 Å². The topological polar surface area (TPSA) is 47.3 Å². The van der Waals surface area contributed by atoms with Crippen LogP contribution in [0.1, 0.15) is 45.2 Å². The van der Waals surface area contributed by atoms with Gasteiger partial charge in [-0.2, -0.15) is 5.10 Å². The number of nitrogens with zero attached hydrogens (tertiary/aromatic N) is 3. The van der Waals surface area contributed by atoms with Crippen LogP contribution in [-0.4, -0.2) is 20.4 Å². The van der Waals surface area contributed by atoms with Gasteiger partial charge in [-0.1, -0.05) is 60.2 Å². The molecule has 4 aromatic rings. The molecule has 0 amide bonds. The third-order valence-corrected chi connectivity index (χ3v) is 5.67. The van der Waals surface area contributed by atoms with Crippen LogP contribution in [0.5, 0.6) is 0 Å². The second-order valence-electron chi connectivity index (χ2n) is 7.62. The second-order valence-corrected chi connectivity index (χ2v) is 7.62. The molecule has 0 saturated carbocycles. The van der Waals surface area contributed by atoms with Gasteiger partial charge in [0.15, 0.2) is 11.4 Å². The number of carbonyl (C=O) groups excluding carboxylic acids is 1. The maximum absolute atomic E-state index is 12.9. The summed E-state index contributed by atoms with van der Waals surface area (Å²) < 4.78 is 1.90. The molecule has 0 unspecified atom stereocenters. The highest BCUT2D eigenvalue weighted by Gasteiger charge is 2.30. The molecule has 0 fully saturated rings. The Bertz CT molecular complexity index is 1210. The van der Waals surface area contributed by atoms with Gasteiger partial charge >= 0.3 is 0 Å². The number of Topliss-reactive ketones (excluding diaryl/α,β-unsaturated/α-hetero) is 1. The zero-order valence-electron chi connectivity index (χ0n) is 16.0. The largest absolute Gasteiger partial charge is 0.294 e. The van der Waals surface area contributed by atoms with Crippen LogP contribution < -0.4 is 0 Å². The Balaban J connectivity index is 1.67. The van der Waals surface area contributed by atoms with Gasteiger partial charge in [0.1, 0.15) is 0 Å². The predicted octanol–water partition coefficient (Wildman–Crippen LogP) is 4.93. The zero-order chi connectivity index (χ0) is 19.3. The van der Waals surface area contributed by atoms with Gasteiger partial charge in [0.2, 0.25) is 0 Å². The molecule has 1 aliphatic rings. The third-order valence-electron chi connectivity index (χ3n) is 5.67. The monoisotopic (exact) mass is 367 g/mol. The van der Waals surface area contributed by atoms with E-state index in [9.17, 15) is 4.79 Å². The Hall–Kier alpha value is -3.27. The van der Waals surface area contributed by atoms with Crippen molar-refractivity contribution >= 4 is 11.4 Å². The first-order valence-corrected chi connectivity index (χ1v) is 9.64. The zero-order valence-corrected chi connectivity index (χ0v) is 16.0. The van der Waals surface area contributed by atoms with Gasteiger partial charge < -0.3 is 0 Å². The lowest BCUT2D eigenvalue weighted by atomic mass is 9.82. The average Bonchev–Trinajstić information content (AvgIpc) is 3.05. The summed E-state index contributed by atoms with van der Waals surface area (Å²) in [4.78, 5) is 17.5. The summed E-state index contributed by atoms with van der Waals surface area (Å²) in [6.45, 7) is 4.10. The van der Waals surface area contributed by atoms with Crippen LogP contribution in [0.3, 0.4) is 0 Å². The molecule has 1 atom stereocenters. The van der Waals surface area contributed by atoms with Crippen LogP contribution in [0.4, 0.5) is 0 Å². The number of benzene rings is 2. The summed E-state index contributed by atoms with van der Waals surface area (Å²) >= 11 is 0. The van der Waals surface area contributed by atoms with Gasteiger partial charge in [-0.25, -0.2) is 9.50 Å². The minimum Gasteiger partial charge on any atom is -0.294 e. The molecular formula is C24H21N3O. The first-order chi connectivity index (χ1) is 13.6. The normalized spacial score (nSPS) is 16.4. The number of rotatable bonds is 2. The predicted molar refractivity (Wildman–Crippen MR) is 110 cm³/mol. The number of ketones is 1. The van der Waals surface area contributed by atoms with E-state index in [1.807, 2.05) is 29.6 Å². The van der Waals surface area contributed by atoms with Crippen molar-refractivity contribution in [1.82, 2.24) is 14.6 Å². The highest BCUT2D eigenvalue weighted by atomic mass is 16.1. The third kappa shape index (κ3) is 2.64. The van der Waals surface area contributed by atoms with Crippen molar-refractivity contribution in [2.24, 2.45) is 0 Å². The van der Waals surface area contributed by atoms with Crippen molar-refractivity contribution < 1.29 is 4.79 Å². The van der Waals surface area contributed by atoms with E-state index in [0.29, 0.717) is 12.0 Å². The molecule has 5 rings (SSSR count). The summed E-state index contributed by atoms with van der Waals surface area (Å²) in [6, 6.07) is 18.7. The second kappa shape index (κ2) is 6.41. The summed E-state index contributed by atoms with van der Waals surface area (Å²) in [5, 5.41) is 4.78. The molecule has 4 heteroatoms. The van der Waals surface area contributed by atoms with Crippen LogP contribution in [-0.2, 0) is 6.42 Å². The summed E-state index contributed by atoms with van der Waals surface area (Å²) in [6.07, 6.45) is 3.06. The molecular weight excluding hydrogens is 346 g/mol. The van der Waals surface area contributed by atoms with Crippen LogP contribution in [0, 0.1) is 13.8 Å². The van der Waals surface area contributed by atoms with E-state index in [-0.39, 0.29) is 11.7 Å². The van der Waals surface area contributed by atoms with Gasteiger partial charge in [0.25, 0.3) is 0 Å². The fourth-order valence-electron chi connectivity index (χ4n) is 4.31. The number of hydrogen-bond acceptors (Lipinski definition) is 3. The van der Waals surface area contributed by atoms with E-state index in [1.54, 1.807) is 6.20 Å². The minimum atomic E-state index is 0.150. The van der Waals surface area contributed by atoms with Crippen molar-refractivity contribution in [3.05, 3.63) is 88.9 Å². The summed E-state index contributed by atoms with van der Waals surface area (Å²) in [5.41, 5.74) is 8.00. The number of aryl methyl sites for hydroxylation is 2. The highest BCUT2D eigenvalue weighted by Crippen LogP contribution is 2.35. The molecule has 1 aliphatic carbocycles. The maximum Gasteiger partial charge on any atom is 0.166 e. The lowest BCUT2D eigenvalue weighted by Crippen LogP contribution is -2.22. The SMILES string of the molecule is Cc1cccc([C@H]2CC(=O)c3cnc4c(-c5ccccc5)c(C)nn4c3C2)c1. The Morgan fingerprint density at radius 3 is 2.61 bits per heavy atom. The Morgan fingerprint density at radius 2 is 1.82 bits per heavy atom. The van der Waals surface area contributed by atoms with E-state index in [0.717, 1.165) is 34.6 Å². The van der Waals surface area contributed by atoms with Crippen molar-refractivity contribution in [3.8, 4) is 11.1 Å². The fraction of sp³-hybridized carbons (Fsp3) is 0.208. The standard InChI is InChI=1S/C24H21N3O/c1-15-7-6-10-18(11-15)19-12-21-20(22(28)13-19)14-25-24-23(16(2)26-27(21)24)17-8-4-3-5-9-17/h3-11,14,19H,12-13H2,1-2H3/t19-/m1/s1. The van der Waals surface area contributed by atoms with Crippen LogP contribution >= 0.6 is 0 Å². The van der Waals surface area contributed by atoms with Gasteiger partial charge in [-0.15, -0.1) is 0 Å². The van der Waals surface area contributed by atoms with Crippen LogP contribution in [0.25, 0.3) is 16.8 Å². The van der Waals surface area contributed by atoms with Gasteiger partial charge in [-0.05, 0) is 37.3 Å². The van der Waals surface area contributed by atoms with E-state index in [2.05, 4.69) is 48.3 Å². The number of aromatic nitrogens is 3. The molecule has 0 N–H and O–H groups in total. The molecule has 0 spiro atoms. The molecule has 2 aromatic carbocycles. The quantitative estimate of drug-likeness (QED) is 0.505. The lowest BCUT2D eigenvalue weighted by molar-refractivity contribution is 0.0962. The van der Waals surface area contributed by atoms with E-state index in [1.165, 1.54) is 11.1 Å². The van der Waals surface area contributed by atoms with E-state index >= 15 is 0 Å². The van der Waals surface area contributed by atoms with E-state index < -0.39 is 0 Å².